The molecule has 0 N–H and O–H groups in total. The summed E-state index contributed by atoms with van der Waals surface area (Å²) in [7, 11) is 0. The third-order valence-electron chi connectivity index (χ3n) is 3.00. The van der Waals surface area contributed by atoms with E-state index in [-0.39, 0.29) is 17.8 Å². The molecule has 0 aliphatic carbocycles. The fourth-order valence-electron chi connectivity index (χ4n) is 1.83. The van der Waals surface area contributed by atoms with Crippen molar-refractivity contribution in [2.24, 2.45) is 0 Å². The summed E-state index contributed by atoms with van der Waals surface area (Å²) in [4.78, 5) is 11.9. The molecule has 0 amide bonds. The number of benzene rings is 2. The molecule has 0 fully saturated rings. The molecule has 98 valence electrons. The minimum Gasteiger partial charge on any atom is -0.294 e. The SMILES string of the molecule is Cc1ccc(CCC(=O)c2ccc(F)c(F)c2)cc1. The third-order valence-corrected chi connectivity index (χ3v) is 3.00. The first-order valence-corrected chi connectivity index (χ1v) is 6.10. The lowest BCUT2D eigenvalue weighted by molar-refractivity contribution is 0.0982. The zero-order valence-electron chi connectivity index (χ0n) is 10.6. The summed E-state index contributed by atoms with van der Waals surface area (Å²) in [6.07, 6.45) is 0.881. The number of Topliss-reactive ketones (excluding diaryl/α,β-unsaturated/α-hetero) is 1. The third kappa shape index (κ3) is 3.47. The van der Waals surface area contributed by atoms with E-state index in [4.69, 9.17) is 0 Å². The van der Waals surface area contributed by atoms with E-state index in [1.54, 1.807) is 0 Å². The van der Waals surface area contributed by atoms with E-state index >= 15 is 0 Å². The summed E-state index contributed by atoms with van der Waals surface area (Å²) in [5, 5.41) is 0. The van der Waals surface area contributed by atoms with Crippen LogP contribution in [0.5, 0.6) is 0 Å². The Kier molecular flexibility index (Phi) is 4.05. The summed E-state index contributed by atoms with van der Waals surface area (Å²) in [6.45, 7) is 2.00. The van der Waals surface area contributed by atoms with Crippen LogP contribution in [0.15, 0.2) is 42.5 Å². The van der Waals surface area contributed by atoms with Crippen molar-refractivity contribution in [1.29, 1.82) is 0 Å². The van der Waals surface area contributed by atoms with Crippen LogP contribution >= 0.6 is 0 Å². The zero-order valence-corrected chi connectivity index (χ0v) is 10.6. The predicted molar refractivity (Wildman–Crippen MR) is 70.2 cm³/mol. The van der Waals surface area contributed by atoms with Crippen molar-refractivity contribution in [3.8, 4) is 0 Å². The highest BCUT2D eigenvalue weighted by atomic mass is 19.2. The average molecular weight is 260 g/mol. The quantitative estimate of drug-likeness (QED) is 0.757. The Morgan fingerprint density at radius 1 is 1.00 bits per heavy atom. The Morgan fingerprint density at radius 3 is 2.32 bits per heavy atom. The molecule has 0 heterocycles. The summed E-state index contributed by atoms with van der Waals surface area (Å²) in [6, 6.07) is 11.1. The number of carbonyl (C=O) groups excluding carboxylic acids is 1. The van der Waals surface area contributed by atoms with Crippen LogP contribution in [-0.2, 0) is 6.42 Å². The van der Waals surface area contributed by atoms with Gasteiger partial charge in [0.1, 0.15) is 0 Å². The van der Waals surface area contributed by atoms with E-state index in [0.717, 1.165) is 23.3 Å². The second-order valence-electron chi connectivity index (χ2n) is 4.54. The number of rotatable bonds is 4. The van der Waals surface area contributed by atoms with Crippen molar-refractivity contribution in [3.63, 3.8) is 0 Å². The highest BCUT2D eigenvalue weighted by Crippen LogP contribution is 2.13. The number of aryl methyl sites for hydroxylation is 2. The summed E-state index contributed by atoms with van der Waals surface area (Å²) in [5.74, 6) is -2.10. The van der Waals surface area contributed by atoms with E-state index in [9.17, 15) is 13.6 Å². The van der Waals surface area contributed by atoms with Crippen LogP contribution < -0.4 is 0 Å². The van der Waals surface area contributed by atoms with Gasteiger partial charge in [0.15, 0.2) is 17.4 Å². The van der Waals surface area contributed by atoms with Crippen LogP contribution in [0, 0.1) is 18.6 Å². The standard InChI is InChI=1S/C16H14F2O/c1-11-2-4-12(5-3-11)6-9-16(19)13-7-8-14(17)15(18)10-13/h2-5,7-8,10H,6,9H2,1H3. The molecule has 0 bridgehead atoms. The number of ketones is 1. The second kappa shape index (κ2) is 5.74. The van der Waals surface area contributed by atoms with Crippen LogP contribution in [0.1, 0.15) is 27.9 Å². The van der Waals surface area contributed by atoms with Crippen LogP contribution in [0.4, 0.5) is 8.78 Å². The molecule has 0 atom stereocenters. The maximum absolute atomic E-state index is 13.0. The van der Waals surface area contributed by atoms with Crippen molar-refractivity contribution in [1.82, 2.24) is 0 Å². The molecule has 0 aliphatic heterocycles. The van der Waals surface area contributed by atoms with Gasteiger partial charge in [-0.25, -0.2) is 8.78 Å². The molecule has 1 nitrogen and oxygen atoms in total. The van der Waals surface area contributed by atoms with Crippen molar-refractivity contribution >= 4 is 5.78 Å². The lowest BCUT2D eigenvalue weighted by Crippen LogP contribution is -2.02. The van der Waals surface area contributed by atoms with Crippen LogP contribution in [-0.4, -0.2) is 5.78 Å². The van der Waals surface area contributed by atoms with Crippen LogP contribution in [0.3, 0.4) is 0 Å². The van der Waals surface area contributed by atoms with Crippen molar-refractivity contribution in [2.75, 3.05) is 0 Å². The van der Waals surface area contributed by atoms with Gasteiger partial charge in [-0.1, -0.05) is 29.8 Å². The van der Waals surface area contributed by atoms with Crippen LogP contribution in [0.25, 0.3) is 0 Å². The topological polar surface area (TPSA) is 17.1 Å². The van der Waals surface area contributed by atoms with Gasteiger partial charge in [-0.3, -0.25) is 4.79 Å². The van der Waals surface area contributed by atoms with Crippen molar-refractivity contribution < 1.29 is 13.6 Å². The molecule has 0 saturated heterocycles. The maximum Gasteiger partial charge on any atom is 0.163 e. The lowest BCUT2D eigenvalue weighted by Gasteiger charge is -2.03. The Labute approximate surface area is 110 Å². The summed E-state index contributed by atoms with van der Waals surface area (Å²) >= 11 is 0. The van der Waals surface area contributed by atoms with Gasteiger partial charge < -0.3 is 0 Å². The van der Waals surface area contributed by atoms with E-state index in [1.807, 2.05) is 31.2 Å². The first-order chi connectivity index (χ1) is 9.06. The van der Waals surface area contributed by atoms with Gasteiger partial charge in [0.05, 0.1) is 0 Å². The Hall–Kier alpha value is -2.03. The predicted octanol–water partition coefficient (Wildman–Crippen LogP) is 4.09. The molecule has 19 heavy (non-hydrogen) atoms. The second-order valence-corrected chi connectivity index (χ2v) is 4.54. The van der Waals surface area contributed by atoms with Gasteiger partial charge in [-0.15, -0.1) is 0 Å². The van der Waals surface area contributed by atoms with Crippen molar-refractivity contribution in [2.45, 2.75) is 19.8 Å². The normalized spacial score (nSPS) is 10.5. The van der Waals surface area contributed by atoms with E-state index < -0.39 is 11.6 Å². The minimum absolute atomic E-state index is 0.181. The molecule has 3 heteroatoms. The molecular weight excluding hydrogens is 246 g/mol. The Bertz CT molecular complexity index is 588. The van der Waals surface area contributed by atoms with E-state index in [2.05, 4.69) is 0 Å². The molecule has 2 rings (SSSR count). The molecule has 0 spiro atoms. The average Bonchev–Trinajstić information content (AvgIpc) is 2.41. The van der Waals surface area contributed by atoms with E-state index in [0.29, 0.717) is 6.42 Å². The Balaban J connectivity index is 2.01. The van der Waals surface area contributed by atoms with Gasteiger partial charge >= 0.3 is 0 Å². The fourth-order valence-corrected chi connectivity index (χ4v) is 1.83. The molecule has 2 aromatic carbocycles. The summed E-state index contributed by atoms with van der Waals surface area (Å²) in [5.41, 5.74) is 2.43. The molecular formula is C16H14F2O. The molecule has 2 aromatic rings. The number of hydrogen-bond donors (Lipinski definition) is 0. The smallest absolute Gasteiger partial charge is 0.163 e. The van der Waals surface area contributed by atoms with Gasteiger partial charge in [-0.05, 0) is 37.1 Å². The van der Waals surface area contributed by atoms with Crippen LogP contribution in [0.2, 0.25) is 0 Å². The molecule has 0 aliphatic rings. The number of halogens is 2. The monoisotopic (exact) mass is 260 g/mol. The minimum atomic E-state index is -0.985. The first-order valence-electron chi connectivity index (χ1n) is 6.10. The number of carbonyl (C=O) groups is 1. The van der Waals surface area contributed by atoms with Gasteiger partial charge in [0.25, 0.3) is 0 Å². The highest BCUT2D eigenvalue weighted by Gasteiger charge is 2.09. The molecule has 0 saturated carbocycles. The zero-order chi connectivity index (χ0) is 13.8. The van der Waals surface area contributed by atoms with Gasteiger partial charge in [0.2, 0.25) is 0 Å². The maximum atomic E-state index is 13.0. The first kappa shape index (κ1) is 13.4. The molecule has 0 radical (unpaired) electrons. The Morgan fingerprint density at radius 2 is 1.68 bits per heavy atom. The van der Waals surface area contributed by atoms with Gasteiger partial charge in [-0.2, -0.15) is 0 Å². The number of hydrogen-bond acceptors (Lipinski definition) is 1. The highest BCUT2D eigenvalue weighted by molar-refractivity contribution is 5.96. The van der Waals surface area contributed by atoms with Gasteiger partial charge in [0, 0.05) is 12.0 Å². The van der Waals surface area contributed by atoms with E-state index in [1.165, 1.54) is 6.07 Å². The molecule has 0 aromatic heterocycles. The fraction of sp³-hybridized carbons (Fsp3) is 0.188. The molecule has 0 unspecified atom stereocenters. The van der Waals surface area contributed by atoms with Crippen molar-refractivity contribution in [3.05, 3.63) is 70.8 Å². The lowest BCUT2D eigenvalue weighted by atomic mass is 10.0. The summed E-state index contributed by atoms with van der Waals surface area (Å²) < 4.78 is 25.8. The largest absolute Gasteiger partial charge is 0.294 e.